The van der Waals surface area contributed by atoms with Gasteiger partial charge in [-0.25, -0.2) is 0 Å². The maximum absolute atomic E-state index is 12.0. The molecule has 16 heavy (non-hydrogen) atoms. The zero-order valence-electron chi connectivity index (χ0n) is 10.1. The second kappa shape index (κ2) is 5.89. The van der Waals surface area contributed by atoms with Crippen LogP contribution in [-0.4, -0.2) is 18.8 Å². The van der Waals surface area contributed by atoms with Gasteiger partial charge in [0.2, 0.25) is 0 Å². The quantitative estimate of drug-likeness (QED) is 0.785. The molecule has 0 amide bonds. The van der Waals surface area contributed by atoms with Gasteiger partial charge in [0.25, 0.3) is 0 Å². The van der Waals surface area contributed by atoms with Crippen LogP contribution in [-0.2, 0) is 0 Å². The molecule has 0 aromatic heterocycles. The third-order valence-corrected chi connectivity index (χ3v) is 3.50. The van der Waals surface area contributed by atoms with Crippen molar-refractivity contribution in [3.63, 3.8) is 0 Å². The highest BCUT2D eigenvalue weighted by Crippen LogP contribution is 2.30. The van der Waals surface area contributed by atoms with Crippen LogP contribution in [0.2, 0.25) is 0 Å². The molecule has 0 aliphatic heterocycles. The highest BCUT2D eigenvalue weighted by atomic mass is 19.4. The first-order chi connectivity index (χ1) is 7.38. The minimum atomic E-state index is -4.03. The summed E-state index contributed by atoms with van der Waals surface area (Å²) in [5.74, 6) is 1.32. The molecule has 0 bridgehead atoms. The number of hydrogen-bond donors (Lipinski definition) is 1. The van der Waals surface area contributed by atoms with Crippen molar-refractivity contribution in [1.29, 1.82) is 0 Å². The Morgan fingerprint density at radius 2 is 1.94 bits per heavy atom. The molecule has 1 saturated carbocycles. The van der Waals surface area contributed by atoms with Crippen LogP contribution in [0.5, 0.6) is 0 Å². The molecular weight excluding hydrogens is 215 g/mol. The van der Waals surface area contributed by atoms with E-state index in [4.69, 9.17) is 0 Å². The van der Waals surface area contributed by atoms with E-state index in [0.717, 1.165) is 19.3 Å². The standard InChI is InChI=1S/C12H22F3N/c1-9(2)10-4-3-5-11(8-10)16-7-6-12(13,14)15/h9-11,16H,3-8H2,1-2H3. The third kappa shape index (κ3) is 5.19. The van der Waals surface area contributed by atoms with Gasteiger partial charge in [-0.05, 0) is 24.7 Å². The fraction of sp³-hybridized carbons (Fsp3) is 1.00. The van der Waals surface area contributed by atoms with Gasteiger partial charge in [-0.2, -0.15) is 13.2 Å². The monoisotopic (exact) mass is 237 g/mol. The largest absolute Gasteiger partial charge is 0.390 e. The van der Waals surface area contributed by atoms with Gasteiger partial charge in [0, 0.05) is 12.6 Å². The number of hydrogen-bond acceptors (Lipinski definition) is 1. The van der Waals surface area contributed by atoms with E-state index >= 15 is 0 Å². The Balaban J connectivity index is 2.22. The summed E-state index contributed by atoms with van der Waals surface area (Å²) in [7, 11) is 0. The van der Waals surface area contributed by atoms with Gasteiger partial charge in [-0.15, -0.1) is 0 Å². The number of rotatable bonds is 4. The zero-order valence-corrected chi connectivity index (χ0v) is 10.1. The SMILES string of the molecule is CC(C)C1CCCC(NCCC(F)(F)F)C1. The Labute approximate surface area is 95.8 Å². The van der Waals surface area contributed by atoms with Crippen molar-refractivity contribution in [2.45, 2.75) is 58.2 Å². The van der Waals surface area contributed by atoms with Crippen molar-refractivity contribution >= 4 is 0 Å². The number of alkyl halides is 3. The molecule has 1 fully saturated rings. The first-order valence-electron chi connectivity index (χ1n) is 6.18. The van der Waals surface area contributed by atoms with E-state index in [9.17, 15) is 13.2 Å². The zero-order chi connectivity index (χ0) is 12.2. The van der Waals surface area contributed by atoms with Gasteiger partial charge in [-0.3, -0.25) is 0 Å². The van der Waals surface area contributed by atoms with Crippen LogP contribution in [0.1, 0.15) is 46.0 Å². The van der Waals surface area contributed by atoms with Crippen molar-refractivity contribution in [2.75, 3.05) is 6.54 Å². The minimum Gasteiger partial charge on any atom is -0.314 e. The molecule has 0 heterocycles. The summed E-state index contributed by atoms with van der Waals surface area (Å²) >= 11 is 0. The van der Waals surface area contributed by atoms with Gasteiger partial charge in [0.05, 0.1) is 6.42 Å². The Hall–Kier alpha value is -0.250. The molecule has 96 valence electrons. The van der Waals surface area contributed by atoms with Crippen LogP contribution in [0.25, 0.3) is 0 Å². The Morgan fingerprint density at radius 1 is 1.25 bits per heavy atom. The Kier molecular flexibility index (Phi) is 5.09. The van der Waals surface area contributed by atoms with Crippen LogP contribution in [0, 0.1) is 11.8 Å². The smallest absolute Gasteiger partial charge is 0.314 e. The lowest BCUT2D eigenvalue weighted by Gasteiger charge is -2.32. The Morgan fingerprint density at radius 3 is 2.50 bits per heavy atom. The number of nitrogens with one attached hydrogen (secondary N) is 1. The average Bonchev–Trinajstić information content (AvgIpc) is 2.16. The molecule has 0 saturated heterocycles. The third-order valence-electron chi connectivity index (χ3n) is 3.50. The predicted octanol–water partition coefficient (Wildman–Crippen LogP) is 3.74. The second-order valence-corrected chi connectivity index (χ2v) is 5.19. The van der Waals surface area contributed by atoms with E-state index in [0.29, 0.717) is 17.9 Å². The normalized spacial score (nSPS) is 27.4. The molecule has 0 aromatic carbocycles. The van der Waals surface area contributed by atoms with E-state index in [2.05, 4.69) is 19.2 Å². The first kappa shape index (κ1) is 13.8. The molecule has 0 aromatic rings. The van der Waals surface area contributed by atoms with Crippen molar-refractivity contribution in [3.8, 4) is 0 Å². The highest BCUT2D eigenvalue weighted by Gasteiger charge is 2.28. The van der Waals surface area contributed by atoms with Crippen molar-refractivity contribution in [2.24, 2.45) is 11.8 Å². The summed E-state index contributed by atoms with van der Waals surface area (Å²) in [6.45, 7) is 4.46. The van der Waals surface area contributed by atoms with Gasteiger partial charge >= 0.3 is 6.18 Å². The predicted molar refractivity (Wildman–Crippen MR) is 59.3 cm³/mol. The molecule has 1 aliphatic carbocycles. The maximum atomic E-state index is 12.0. The minimum absolute atomic E-state index is 0.0684. The molecule has 2 atom stereocenters. The van der Waals surface area contributed by atoms with Gasteiger partial charge in [0.15, 0.2) is 0 Å². The first-order valence-corrected chi connectivity index (χ1v) is 6.18. The van der Waals surface area contributed by atoms with Crippen molar-refractivity contribution in [3.05, 3.63) is 0 Å². The fourth-order valence-corrected chi connectivity index (χ4v) is 2.44. The van der Waals surface area contributed by atoms with Crippen molar-refractivity contribution in [1.82, 2.24) is 5.32 Å². The van der Waals surface area contributed by atoms with Gasteiger partial charge in [-0.1, -0.05) is 26.7 Å². The van der Waals surface area contributed by atoms with Crippen LogP contribution in [0.15, 0.2) is 0 Å². The van der Waals surface area contributed by atoms with Crippen LogP contribution in [0.4, 0.5) is 13.2 Å². The lowest BCUT2D eigenvalue weighted by molar-refractivity contribution is -0.133. The summed E-state index contributed by atoms with van der Waals surface area (Å²) < 4.78 is 35.9. The molecule has 1 aliphatic rings. The fourth-order valence-electron chi connectivity index (χ4n) is 2.44. The summed E-state index contributed by atoms with van der Waals surface area (Å²) in [5, 5.41) is 3.04. The molecule has 4 heteroatoms. The van der Waals surface area contributed by atoms with Crippen LogP contribution in [0.3, 0.4) is 0 Å². The van der Waals surface area contributed by atoms with Gasteiger partial charge in [0.1, 0.15) is 0 Å². The topological polar surface area (TPSA) is 12.0 Å². The van der Waals surface area contributed by atoms with E-state index in [-0.39, 0.29) is 6.54 Å². The molecule has 2 unspecified atom stereocenters. The molecule has 1 rings (SSSR count). The highest BCUT2D eigenvalue weighted by molar-refractivity contribution is 4.79. The number of halogens is 3. The summed E-state index contributed by atoms with van der Waals surface area (Å²) in [6.07, 6.45) is -0.298. The van der Waals surface area contributed by atoms with Gasteiger partial charge < -0.3 is 5.32 Å². The second-order valence-electron chi connectivity index (χ2n) is 5.19. The van der Waals surface area contributed by atoms with Crippen LogP contribution >= 0.6 is 0 Å². The maximum Gasteiger partial charge on any atom is 0.390 e. The summed E-state index contributed by atoms with van der Waals surface area (Å²) in [5.41, 5.74) is 0. The van der Waals surface area contributed by atoms with E-state index in [1.807, 2.05) is 0 Å². The lowest BCUT2D eigenvalue weighted by atomic mass is 9.79. The molecule has 0 radical (unpaired) electrons. The molecule has 1 N–H and O–H groups in total. The van der Waals surface area contributed by atoms with E-state index in [1.54, 1.807) is 0 Å². The molecular formula is C12H22F3N. The van der Waals surface area contributed by atoms with Crippen molar-refractivity contribution < 1.29 is 13.2 Å². The Bertz CT molecular complexity index is 201. The summed E-state index contributed by atoms with van der Waals surface area (Å²) in [4.78, 5) is 0. The van der Waals surface area contributed by atoms with E-state index < -0.39 is 12.6 Å². The average molecular weight is 237 g/mol. The summed E-state index contributed by atoms with van der Waals surface area (Å²) in [6, 6.07) is 0.295. The van der Waals surface area contributed by atoms with E-state index in [1.165, 1.54) is 6.42 Å². The molecule has 0 spiro atoms. The molecule has 1 nitrogen and oxygen atoms in total. The van der Waals surface area contributed by atoms with Crippen LogP contribution < -0.4 is 5.32 Å². The lowest BCUT2D eigenvalue weighted by Crippen LogP contribution is -2.37.